The molecule has 2 aromatic carbocycles. The lowest BCUT2D eigenvalue weighted by molar-refractivity contribution is -0.123. The second-order valence-electron chi connectivity index (χ2n) is 8.05. The SMILES string of the molecule is Cc1ccc(OCCC(=O)Nc2cccc(CN3CCC(C(N)=O)CC3)c2)cc1C. The van der Waals surface area contributed by atoms with Gasteiger partial charge in [0.25, 0.3) is 0 Å². The molecule has 0 bridgehead atoms. The minimum absolute atomic E-state index is 0.00193. The maximum atomic E-state index is 12.3. The van der Waals surface area contributed by atoms with E-state index in [9.17, 15) is 9.59 Å². The minimum atomic E-state index is -0.194. The predicted molar refractivity (Wildman–Crippen MR) is 118 cm³/mol. The van der Waals surface area contributed by atoms with Crippen LogP contribution in [0.15, 0.2) is 42.5 Å². The highest BCUT2D eigenvalue weighted by Crippen LogP contribution is 2.20. The molecule has 30 heavy (non-hydrogen) atoms. The van der Waals surface area contributed by atoms with E-state index in [1.165, 1.54) is 11.1 Å². The number of nitrogens with one attached hydrogen (secondary N) is 1. The van der Waals surface area contributed by atoms with Gasteiger partial charge in [-0.25, -0.2) is 0 Å². The first-order valence-corrected chi connectivity index (χ1v) is 10.5. The molecule has 0 spiro atoms. The van der Waals surface area contributed by atoms with Gasteiger partial charge in [-0.2, -0.15) is 0 Å². The molecule has 3 N–H and O–H groups in total. The van der Waals surface area contributed by atoms with E-state index in [2.05, 4.69) is 23.2 Å². The number of carbonyl (C=O) groups is 2. The summed E-state index contributed by atoms with van der Waals surface area (Å²) in [5, 5.41) is 2.95. The molecule has 2 amide bonds. The summed E-state index contributed by atoms with van der Waals surface area (Å²) >= 11 is 0. The molecule has 1 aliphatic rings. The van der Waals surface area contributed by atoms with E-state index in [0.717, 1.165) is 49.5 Å². The Hall–Kier alpha value is -2.86. The lowest BCUT2D eigenvalue weighted by Crippen LogP contribution is -2.38. The Morgan fingerprint density at radius 1 is 1.10 bits per heavy atom. The van der Waals surface area contributed by atoms with Crippen molar-refractivity contribution in [1.29, 1.82) is 0 Å². The van der Waals surface area contributed by atoms with Crippen molar-refractivity contribution in [1.82, 2.24) is 4.90 Å². The number of hydrogen-bond donors (Lipinski definition) is 2. The lowest BCUT2D eigenvalue weighted by Gasteiger charge is -2.30. The van der Waals surface area contributed by atoms with Crippen LogP contribution in [0.3, 0.4) is 0 Å². The largest absolute Gasteiger partial charge is 0.493 e. The van der Waals surface area contributed by atoms with Gasteiger partial charge in [-0.05, 0) is 80.7 Å². The van der Waals surface area contributed by atoms with Crippen LogP contribution < -0.4 is 15.8 Å². The number of anilines is 1. The number of nitrogens with zero attached hydrogens (tertiary/aromatic N) is 1. The molecule has 0 aromatic heterocycles. The summed E-state index contributed by atoms with van der Waals surface area (Å²) in [7, 11) is 0. The van der Waals surface area contributed by atoms with Crippen molar-refractivity contribution in [3.63, 3.8) is 0 Å². The minimum Gasteiger partial charge on any atom is -0.493 e. The standard InChI is InChI=1S/C24H31N3O3/c1-17-6-7-22(14-18(17)2)30-13-10-23(28)26-21-5-3-4-19(15-21)16-27-11-8-20(9-12-27)24(25)29/h3-7,14-15,20H,8-13,16H2,1-2H3,(H2,25,29)(H,26,28). The van der Waals surface area contributed by atoms with Gasteiger partial charge in [0.05, 0.1) is 13.0 Å². The number of ether oxygens (including phenoxy) is 1. The zero-order valence-electron chi connectivity index (χ0n) is 17.8. The number of nitrogens with two attached hydrogens (primary N) is 1. The smallest absolute Gasteiger partial charge is 0.227 e. The molecule has 6 nitrogen and oxygen atoms in total. The summed E-state index contributed by atoms with van der Waals surface area (Å²) in [5.41, 5.74) is 9.72. The first-order valence-electron chi connectivity index (χ1n) is 10.5. The average Bonchev–Trinajstić information content (AvgIpc) is 2.71. The number of hydrogen-bond acceptors (Lipinski definition) is 4. The van der Waals surface area contributed by atoms with Crippen molar-refractivity contribution in [2.45, 2.75) is 39.7 Å². The number of amides is 2. The molecule has 0 aliphatic carbocycles. The van der Waals surface area contributed by atoms with Crippen molar-refractivity contribution < 1.29 is 14.3 Å². The van der Waals surface area contributed by atoms with Gasteiger partial charge in [-0.1, -0.05) is 18.2 Å². The first kappa shape index (κ1) is 21.8. The topological polar surface area (TPSA) is 84.7 Å². The number of rotatable bonds is 8. The highest BCUT2D eigenvalue weighted by molar-refractivity contribution is 5.90. The summed E-state index contributed by atoms with van der Waals surface area (Å²) < 4.78 is 5.70. The maximum absolute atomic E-state index is 12.3. The van der Waals surface area contributed by atoms with Gasteiger partial charge in [0, 0.05) is 18.2 Å². The van der Waals surface area contributed by atoms with Gasteiger partial charge < -0.3 is 15.8 Å². The Bertz CT molecular complexity index is 889. The van der Waals surface area contributed by atoms with E-state index in [4.69, 9.17) is 10.5 Å². The first-order chi connectivity index (χ1) is 14.4. The number of primary amides is 1. The highest BCUT2D eigenvalue weighted by Gasteiger charge is 2.22. The van der Waals surface area contributed by atoms with E-state index >= 15 is 0 Å². The second-order valence-corrected chi connectivity index (χ2v) is 8.05. The van der Waals surface area contributed by atoms with Crippen LogP contribution in [0.4, 0.5) is 5.69 Å². The maximum Gasteiger partial charge on any atom is 0.227 e. The summed E-state index contributed by atoms with van der Waals surface area (Å²) in [5.74, 6) is 0.519. The third kappa shape index (κ3) is 6.32. The van der Waals surface area contributed by atoms with Crippen LogP contribution in [0.25, 0.3) is 0 Å². The predicted octanol–water partition coefficient (Wildman–Crippen LogP) is 3.41. The summed E-state index contributed by atoms with van der Waals surface area (Å²) in [6, 6.07) is 13.8. The van der Waals surface area contributed by atoms with Gasteiger partial charge in [-0.3, -0.25) is 14.5 Å². The molecule has 3 rings (SSSR count). The average molecular weight is 410 g/mol. The number of likely N-dealkylation sites (tertiary alicyclic amines) is 1. The number of aryl methyl sites for hydroxylation is 2. The van der Waals surface area contributed by atoms with Gasteiger partial charge in [0.2, 0.25) is 11.8 Å². The molecule has 0 atom stereocenters. The normalized spacial score (nSPS) is 15.0. The van der Waals surface area contributed by atoms with Gasteiger partial charge >= 0.3 is 0 Å². The van der Waals surface area contributed by atoms with Gasteiger partial charge in [0.1, 0.15) is 5.75 Å². The van der Waals surface area contributed by atoms with Crippen LogP contribution in [-0.4, -0.2) is 36.4 Å². The van der Waals surface area contributed by atoms with Crippen LogP contribution in [0.2, 0.25) is 0 Å². The Kier molecular flexibility index (Phi) is 7.46. The molecule has 6 heteroatoms. The third-order valence-corrected chi connectivity index (χ3v) is 5.68. The van der Waals surface area contributed by atoms with Crippen molar-refractivity contribution in [3.05, 3.63) is 59.2 Å². The summed E-state index contributed by atoms with van der Waals surface area (Å²) in [6.07, 6.45) is 1.91. The third-order valence-electron chi connectivity index (χ3n) is 5.68. The Morgan fingerprint density at radius 2 is 1.87 bits per heavy atom. The monoisotopic (exact) mass is 409 g/mol. The molecule has 1 fully saturated rings. The van der Waals surface area contributed by atoms with Crippen LogP contribution in [-0.2, 0) is 16.1 Å². The fraction of sp³-hybridized carbons (Fsp3) is 0.417. The number of benzene rings is 2. The van der Waals surface area contributed by atoms with Crippen molar-refractivity contribution in [3.8, 4) is 5.75 Å². The Labute approximate surface area is 178 Å². The van der Waals surface area contributed by atoms with E-state index < -0.39 is 0 Å². The molecule has 1 saturated heterocycles. The summed E-state index contributed by atoms with van der Waals surface area (Å²) in [4.78, 5) is 25.9. The number of carbonyl (C=O) groups excluding carboxylic acids is 2. The quantitative estimate of drug-likeness (QED) is 0.700. The van der Waals surface area contributed by atoms with E-state index in [1.807, 2.05) is 43.3 Å². The zero-order valence-corrected chi connectivity index (χ0v) is 17.8. The molecule has 1 heterocycles. The molecule has 1 aliphatic heterocycles. The van der Waals surface area contributed by atoms with Gasteiger partial charge in [-0.15, -0.1) is 0 Å². The van der Waals surface area contributed by atoms with E-state index in [0.29, 0.717) is 6.61 Å². The molecule has 0 unspecified atom stereocenters. The molecule has 2 aromatic rings. The molecule has 160 valence electrons. The second kappa shape index (κ2) is 10.3. The van der Waals surface area contributed by atoms with Crippen LogP contribution in [0.5, 0.6) is 5.75 Å². The zero-order chi connectivity index (χ0) is 21.5. The van der Waals surface area contributed by atoms with Crippen LogP contribution >= 0.6 is 0 Å². The van der Waals surface area contributed by atoms with E-state index in [1.54, 1.807) is 0 Å². The van der Waals surface area contributed by atoms with Crippen LogP contribution in [0, 0.1) is 19.8 Å². The lowest BCUT2D eigenvalue weighted by atomic mass is 9.96. The Morgan fingerprint density at radius 3 is 2.57 bits per heavy atom. The number of piperidine rings is 1. The van der Waals surface area contributed by atoms with Crippen LogP contribution in [0.1, 0.15) is 36.0 Å². The highest BCUT2D eigenvalue weighted by atomic mass is 16.5. The fourth-order valence-corrected chi connectivity index (χ4v) is 3.67. The van der Waals surface area contributed by atoms with Gasteiger partial charge in [0.15, 0.2) is 0 Å². The fourth-order valence-electron chi connectivity index (χ4n) is 3.67. The van der Waals surface area contributed by atoms with Crippen molar-refractivity contribution in [2.24, 2.45) is 11.7 Å². The molecular weight excluding hydrogens is 378 g/mol. The molecule has 0 saturated carbocycles. The Balaban J connectivity index is 1.44. The summed E-state index contributed by atoms with van der Waals surface area (Å²) in [6.45, 7) is 6.96. The molecular formula is C24H31N3O3. The van der Waals surface area contributed by atoms with E-state index in [-0.39, 0.29) is 24.2 Å². The van der Waals surface area contributed by atoms with Crippen molar-refractivity contribution in [2.75, 3.05) is 25.0 Å². The van der Waals surface area contributed by atoms with Crippen molar-refractivity contribution >= 4 is 17.5 Å². The molecule has 0 radical (unpaired) electrons.